The molecule has 172 valence electrons. The van der Waals surface area contributed by atoms with Crippen molar-refractivity contribution in [2.45, 2.75) is 32.0 Å². The maximum Gasteiger partial charge on any atom is 0.433 e. The zero-order chi connectivity index (χ0) is 21.5. The average Bonchev–Trinajstić information content (AvgIpc) is 2.70. The lowest BCUT2D eigenvalue weighted by atomic mass is 10.1. The Balaban J connectivity index is 0.00000450. The van der Waals surface area contributed by atoms with Gasteiger partial charge in [-0.25, -0.2) is 22.7 Å². The van der Waals surface area contributed by atoms with Crippen LogP contribution in [0.2, 0.25) is 0 Å². The quantitative estimate of drug-likeness (QED) is 0.199. The number of aromatic nitrogens is 2. The molecule has 14 heteroatoms. The number of hydrogen-bond acceptors (Lipinski definition) is 6. The van der Waals surface area contributed by atoms with Crippen molar-refractivity contribution in [1.29, 1.82) is 0 Å². The van der Waals surface area contributed by atoms with Crippen LogP contribution in [0.3, 0.4) is 0 Å². The molecule has 1 aliphatic heterocycles. The molecule has 3 N–H and O–H groups in total. The number of nitrogens with one attached hydrogen (secondary N) is 3. The van der Waals surface area contributed by atoms with E-state index in [9.17, 15) is 21.6 Å². The summed E-state index contributed by atoms with van der Waals surface area (Å²) in [5.74, 6) is 0.527. The standard InChI is InChI=1S/C16H26F3N7O2S.HI/c1-3-29(27,28)26-10-5-12(6-11-26)24-14(20-2)22-8-9-23-15-21-7-4-13(25-15)16(17,18)19;/h4,7,12H,3,5-6,8-11H2,1-2H3,(H2,20,22,24)(H,21,23,25);1H. The van der Waals surface area contributed by atoms with Crippen LogP contribution in [0.15, 0.2) is 17.3 Å². The Labute approximate surface area is 191 Å². The molecule has 0 radical (unpaired) electrons. The summed E-state index contributed by atoms with van der Waals surface area (Å²) in [5, 5.41) is 9.01. The Morgan fingerprint density at radius 3 is 2.53 bits per heavy atom. The van der Waals surface area contributed by atoms with Crippen LogP contribution >= 0.6 is 24.0 Å². The van der Waals surface area contributed by atoms with E-state index in [0.717, 1.165) is 12.3 Å². The third kappa shape index (κ3) is 8.02. The summed E-state index contributed by atoms with van der Waals surface area (Å²) in [7, 11) is -1.56. The normalized spacial score (nSPS) is 16.6. The van der Waals surface area contributed by atoms with E-state index in [1.165, 1.54) is 4.31 Å². The summed E-state index contributed by atoms with van der Waals surface area (Å²) in [5.41, 5.74) is -1.00. The molecular formula is C16H27F3IN7O2S. The lowest BCUT2D eigenvalue weighted by Gasteiger charge is -2.32. The highest BCUT2D eigenvalue weighted by Crippen LogP contribution is 2.27. The first-order valence-corrected chi connectivity index (χ1v) is 10.9. The van der Waals surface area contributed by atoms with Crippen molar-refractivity contribution in [1.82, 2.24) is 24.9 Å². The average molecular weight is 565 g/mol. The van der Waals surface area contributed by atoms with Gasteiger partial charge in [0.2, 0.25) is 16.0 Å². The van der Waals surface area contributed by atoms with E-state index in [0.29, 0.717) is 38.4 Å². The molecular weight excluding hydrogens is 538 g/mol. The zero-order valence-electron chi connectivity index (χ0n) is 16.7. The number of sulfonamides is 1. The van der Waals surface area contributed by atoms with Crippen LogP contribution in [0.5, 0.6) is 0 Å². The van der Waals surface area contributed by atoms with E-state index in [2.05, 4.69) is 30.9 Å². The number of aliphatic imine (C=N–C) groups is 1. The van der Waals surface area contributed by atoms with Crippen LogP contribution in [0.25, 0.3) is 0 Å². The van der Waals surface area contributed by atoms with E-state index >= 15 is 0 Å². The molecule has 2 heterocycles. The second kappa shape index (κ2) is 11.8. The van der Waals surface area contributed by atoms with Gasteiger partial charge in [0.25, 0.3) is 0 Å². The predicted molar refractivity (Wildman–Crippen MR) is 119 cm³/mol. The van der Waals surface area contributed by atoms with Gasteiger partial charge >= 0.3 is 6.18 Å². The van der Waals surface area contributed by atoms with Crippen LogP contribution in [-0.2, 0) is 16.2 Å². The van der Waals surface area contributed by atoms with Gasteiger partial charge in [-0.1, -0.05) is 0 Å². The Morgan fingerprint density at radius 1 is 1.30 bits per heavy atom. The predicted octanol–water partition coefficient (Wildman–Crippen LogP) is 1.50. The second-order valence-electron chi connectivity index (χ2n) is 6.41. The van der Waals surface area contributed by atoms with Crippen LogP contribution in [0.4, 0.5) is 19.1 Å². The molecule has 0 aromatic carbocycles. The highest BCUT2D eigenvalue weighted by Gasteiger charge is 2.32. The number of halogens is 4. The molecule has 1 aromatic heterocycles. The third-order valence-corrected chi connectivity index (χ3v) is 6.30. The molecule has 0 bridgehead atoms. The van der Waals surface area contributed by atoms with Crippen molar-refractivity contribution in [3.05, 3.63) is 18.0 Å². The summed E-state index contributed by atoms with van der Waals surface area (Å²) < 4.78 is 63.2. The molecule has 0 amide bonds. The van der Waals surface area contributed by atoms with E-state index in [1.807, 2.05) is 0 Å². The van der Waals surface area contributed by atoms with Crippen molar-refractivity contribution in [2.24, 2.45) is 4.99 Å². The molecule has 0 atom stereocenters. The van der Waals surface area contributed by atoms with Gasteiger partial charge in [-0.2, -0.15) is 13.2 Å². The molecule has 2 rings (SSSR count). The van der Waals surface area contributed by atoms with Gasteiger partial charge in [-0.15, -0.1) is 24.0 Å². The molecule has 1 aromatic rings. The van der Waals surface area contributed by atoms with Gasteiger partial charge in [-0.3, -0.25) is 4.99 Å². The molecule has 9 nitrogen and oxygen atoms in total. The first-order valence-electron chi connectivity index (χ1n) is 9.25. The number of guanidine groups is 1. The van der Waals surface area contributed by atoms with Crippen LogP contribution < -0.4 is 16.0 Å². The largest absolute Gasteiger partial charge is 0.433 e. The fraction of sp³-hybridized carbons (Fsp3) is 0.688. The Morgan fingerprint density at radius 2 is 1.97 bits per heavy atom. The number of nitrogens with zero attached hydrogens (tertiary/aromatic N) is 4. The fourth-order valence-electron chi connectivity index (χ4n) is 2.81. The van der Waals surface area contributed by atoms with Crippen LogP contribution in [0.1, 0.15) is 25.5 Å². The van der Waals surface area contributed by atoms with Gasteiger partial charge in [0, 0.05) is 45.5 Å². The van der Waals surface area contributed by atoms with Gasteiger partial charge in [0.15, 0.2) is 5.96 Å². The molecule has 30 heavy (non-hydrogen) atoms. The molecule has 0 aliphatic carbocycles. The lowest BCUT2D eigenvalue weighted by Crippen LogP contribution is -2.50. The smallest absolute Gasteiger partial charge is 0.355 e. The minimum atomic E-state index is -4.52. The van der Waals surface area contributed by atoms with E-state index < -0.39 is 21.9 Å². The third-order valence-electron chi connectivity index (χ3n) is 4.42. The fourth-order valence-corrected chi connectivity index (χ4v) is 3.94. The zero-order valence-corrected chi connectivity index (χ0v) is 19.9. The molecule has 0 spiro atoms. The van der Waals surface area contributed by atoms with Crippen molar-refractivity contribution in [3.8, 4) is 0 Å². The SMILES string of the molecule is CCS(=O)(=O)N1CCC(NC(=NC)NCCNc2nccc(C(F)(F)F)n2)CC1.I. The Hall–Kier alpha value is -1.42. The highest BCUT2D eigenvalue weighted by molar-refractivity contribution is 14.0. The minimum absolute atomic E-state index is 0. The number of piperidine rings is 1. The minimum Gasteiger partial charge on any atom is -0.355 e. The van der Waals surface area contributed by atoms with Gasteiger partial charge in [-0.05, 0) is 25.8 Å². The maximum absolute atomic E-state index is 12.6. The second-order valence-corrected chi connectivity index (χ2v) is 8.66. The number of alkyl halides is 3. The van der Waals surface area contributed by atoms with Crippen molar-refractivity contribution in [3.63, 3.8) is 0 Å². The number of rotatable bonds is 7. The van der Waals surface area contributed by atoms with Crippen molar-refractivity contribution < 1.29 is 21.6 Å². The first-order chi connectivity index (χ1) is 13.7. The number of hydrogen-bond donors (Lipinski definition) is 3. The van der Waals surface area contributed by atoms with E-state index in [-0.39, 0.29) is 48.3 Å². The Kier molecular flexibility index (Phi) is 10.5. The summed E-state index contributed by atoms with van der Waals surface area (Å²) in [6, 6.07) is 0.899. The highest BCUT2D eigenvalue weighted by atomic mass is 127. The van der Waals surface area contributed by atoms with Crippen molar-refractivity contribution >= 4 is 45.9 Å². The molecule has 0 saturated carbocycles. The summed E-state index contributed by atoms with van der Waals surface area (Å²) >= 11 is 0. The van der Waals surface area contributed by atoms with Crippen LogP contribution in [0, 0.1) is 0 Å². The van der Waals surface area contributed by atoms with E-state index in [4.69, 9.17) is 0 Å². The summed E-state index contributed by atoms with van der Waals surface area (Å²) in [4.78, 5) is 11.3. The van der Waals surface area contributed by atoms with Crippen molar-refractivity contribution in [2.75, 3.05) is 44.3 Å². The molecule has 0 unspecified atom stereocenters. The molecule has 1 saturated heterocycles. The van der Waals surface area contributed by atoms with Gasteiger partial charge < -0.3 is 16.0 Å². The lowest BCUT2D eigenvalue weighted by molar-refractivity contribution is -0.141. The summed E-state index contributed by atoms with van der Waals surface area (Å²) in [6.07, 6.45) is -2.14. The van der Waals surface area contributed by atoms with Crippen LogP contribution in [-0.4, -0.2) is 73.7 Å². The first kappa shape index (κ1) is 26.6. The Bertz CT molecular complexity index is 800. The van der Waals surface area contributed by atoms with Gasteiger partial charge in [0.1, 0.15) is 5.69 Å². The molecule has 1 fully saturated rings. The number of anilines is 1. The topological polar surface area (TPSA) is 112 Å². The van der Waals surface area contributed by atoms with E-state index in [1.54, 1.807) is 14.0 Å². The monoisotopic (exact) mass is 565 g/mol. The maximum atomic E-state index is 12.6. The van der Waals surface area contributed by atoms with Gasteiger partial charge in [0.05, 0.1) is 5.75 Å². The summed E-state index contributed by atoms with van der Waals surface area (Å²) in [6.45, 7) is 3.21. The molecule has 1 aliphatic rings.